The molecular weight excluding hydrogens is 416 g/mol. The number of morpholine rings is 1. The molecule has 0 amide bonds. The van der Waals surface area contributed by atoms with Crippen LogP contribution in [0, 0.1) is 13.8 Å². The highest BCUT2D eigenvalue weighted by Crippen LogP contribution is 2.30. The monoisotopic (exact) mass is 444 g/mol. The Balaban J connectivity index is 1.63. The van der Waals surface area contributed by atoms with Gasteiger partial charge in [0.2, 0.25) is 5.95 Å². The molecule has 166 valence electrons. The van der Waals surface area contributed by atoms with Crippen LogP contribution in [0.2, 0.25) is 5.15 Å². The Morgan fingerprint density at radius 1 is 1.23 bits per heavy atom. The number of pyridine rings is 1. The molecule has 3 aromatic rings. The number of anilines is 1. The van der Waals surface area contributed by atoms with Gasteiger partial charge in [-0.15, -0.1) is 0 Å². The van der Waals surface area contributed by atoms with Gasteiger partial charge in [0.15, 0.2) is 0 Å². The van der Waals surface area contributed by atoms with Gasteiger partial charge >= 0.3 is 0 Å². The van der Waals surface area contributed by atoms with Crippen molar-refractivity contribution in [2.75, 3.05) is 45.7 Å². The minimum atomic E-state index is 0.169. The van der Waals surface area contributed by atoms with Gasteiger partial charge in [0, 0.05) is 36.6 Å². The molecule has 1 fully saturated rings. The van der Waals surface area contributed by atoms with Crippen LogP contribution >= 0.6 is 11.6 Å². The molecule has 0 atom stereocenters. The van der Waals surface area contributed by atoms with Crippen molar-refractivity contribution in [2.45, 2.75) is 33.2 Å². The Labute approximate surface area is 187 Å². The number of aryl methyl sites for hydroxylation is 2. The third kappa shape index (κ3) is 4.61. The summed E-state index contributed by atoms with van der Waals surface area (Å²) in [6.07, 6.45) is 5.86. The zero-order valence-electron chi connectivity index (χ0n) is 18.3. The van der Waals surface area contributed by atoms with E-state index in [0.29, 0.717) is 11.7 Å². The third-order valence-corrected chi connectivity index (χ3v) is 6.14. The first-order chi connectivity index (χ1) is 15.0. The quantitative estimate of drug-likeness (QED) is 0.560. The summed E-state index contributed by atoms with van der Waals surface area (Å²) in [6, 6.07) is 0. The van der Waals surface area contributed by atoms with Crippen molar-refractivity contribution in [3.05, 3.63) is 39.9 Å². The molecule has 4 rings (SSSR count). The molecule has 0 radical (unpaired) electrons. The fraction of sp³-hybridized carbons (Fsp3) is 0.500. The summed E-state index contributed by atoms with van der Waals surface area (Å²) in [4.78, 5) is 15.8. The molecule has 0 unspecified atom stereocenters. The molecule has 9 heteroatoms. The molecule has 4 heterocycles. The summed E-state index contributed by atoms with van der Waals surface area (Å²) in [5.41, 5.74) is 10.7. The van der Waals surface area contributed by atoms with Crippen LogP contribution < -0.4 is 10.5 Å². The van der Waals surface area contributed by atoms with Crippen LogP contribution in [0.3, 0.4) is 0 Å². The summed E-state index contributed by atoms with van der Waals surface area (Å²) >= 11 is 6.50. The van der Waals surface area contributed by atoms with Crippen molar-refractivity contribution in [3.63, 3.8) is 0 Å². The summed E-state index contributed by atoms with van der Waals surface area (Å²) < 4.78 is 13.1. The highest BCUT2D eigenvalue weighted by molar-refractivity contribution is 6.34. The van der Waals surface area contributed by atoms with E-state index in [-0.39, 0.29) is 5.95 Å². The minimum absolute atomic E-state index is 0.169. The maximum absolute atomic E-state index is 6.50. The molecule has 31 heavy (non-hydrogen) atoms. The minimum Gasteiger partial charge on any atom is -0.496 e. The Morgan fingerprint density at radius 2 is 2.00 bits per heavy atom. The van der Waals surface area contributed by atoms with Crippen LogP contribution in [0.1, 0.15) is 28.8 Å². The number of methoxy groups -OCH3 is 1. The standard InChI is InChI=1S/C22H29ClN6O2/c1-14-11-25-17(15(2)19(14)30-3)13-29-12-16(5-4-6-28-7-9-31-10-8-28)18-20(23)26-22(24)27-21(18)29/h11-12H,4-10,13H2,1-3H3,(H2,24,26,27). The SMILES string of the molecule is COc1c(C)cnc(Cn2cc(CCCN3CCOCC3)c3c(Cl)nc(N)nc32)c1C. The average Bonchev–Trinajstić information content (AvgIpc) is 3.09. The molecule has 0 saturated carbocycles. The van der Waals surface area contributed by atoms with Crippen molar-refractivity contribution in [2.24, 2.45) is 0 Å². The fourth-order valence-electron chi connectivity index (χ4n) is 4.26. The number of hydrogen-bond donors (Lipinski definition) is 1. The first-order valence-corrected chi connectivity index (χ1v) is 11.0. The van der Waals surface area contributed by atoms with E-state index in [9.17, 15) is 0 Å². The Morgan fingerprint density at radius 3 is 2.74 bits per heavy atom. The second-order valence-electron chi connectivity index (χ2n) is 7.96. The lowest BCUT2D eigenvalue weighted by Crippen LogP contribution is -2.36. The zero-order valence-corrected chi connectivity index (χ0v) is 19.1. The number of halogens is 1. The van der Waals surface area contributed by atoms with Gasteiger partial charge < -0.3 is 19.8 Å². The van der Waals surface area contributed by atoms with Gasteiger partial charge in [0.25, 0.3) is 0 Å². The largest absolute Gasteiger partial charge is 0.496 e. The van der Waals surface area contributed by atoms with Crippen LogP contribution in [-0.4, -0.2) is 64.4 Å². The van der Waals surface area contributed by atoms with Gasteiger partial charge in [-0.1, -0.05) is 11.6 Å². The summed E-state index contributed by atoms with van der Waals surface area (Å²) in [6.45, 7) is 9.20. The van der Waals surface area contributed by atoms with E-state index in [2.05, 4.69) is 30.6 Å². The highest BCUT2D eigenvalue weighted by Gasteiger charge is 2.18. The van der Waals surface area contributed by atoms with Gasteiger partial charge in [-0.05, 0) is 38.8 Å². The van der Waals surface area contributed by atoms with Crippen LogP contribution in [0.15, 0.2) is 12.4 Å². The molecule has 2 N–H and O–H groups in total. The molecular formula is C22H29ClN6O2. The maximum Gasteiger partial charge on any atom is 0.223 e. The van der Waals surface area contributed by atoms with E-state index >= 15 is 0 Å². The lowest BCUT2D eigenvalue weighted by molar-refractivity contribution is 0.0375. The van der Waals surface area contributed by atoms with E-state index in [1.54, 1.807) is 7.11 Å². The fourth-order valence-corrected chi connectivity index (χ4v) is 4.55. The van der Waals surface area contributed by atoms with Gasteiger partial charge in [0.1, 0.15) is 16.5 Å². The lowest BCUT2D eigenvalue weighted by Gasteiger charge is -2.26. The number of nitrogens with two attached hydrogens (primary N) is 1. The van der Waals surface area contributed by atoms with Crippen molar-refractivity contribution in [3.8, 4) is 5.75 Å². The van der Waals surface area contributed by atoms with Gasteiger partial charge in [-0.2, -0.15) is 4.98 Å². The van der Waals surface area contributed by atoms with Crippen LogP contribution in [0.4, 0.5) is 5.95 Å². The van der Waals surface area contributed by atoms with Crippen LogP contribution in [0.25, 0.3) is 11.0 Å². The highest BCUT2D eigenvalue weighted by atomic mass is 35.5. The third-order valence-electron chi connectivity index (χ3n) is 5.86. The Kier molecular flexibility index (Phi) is 6.60. The summed E-state index contributed by atoms with van der Waals surface area (Å²) in [7, 11) is 1.68. The van der Waals surface area contributed by atoms with E-state index in [1.165, 1.54) is 0 Å². The molecule has 1 aliphatic heterocycles. The van der Waals surface area contributed by atoms with Gasteiger partial charge in [-0.25, -0.2) is 4.98 Å². The van der Waals surface area contributed by atoms with E-state index < -0.39 is 0 Å². The topological polar surface area (TPSA) is 91.3 Å². The predicted molar refractivity (Wildman–Crippen MR) is 122 cm³/mol. The van der Waals surface area contributed by atoms with Crippen molar-refractivity contribution in [1.29, 1.82) is 0 Å². The number of rotatable bonds is 7. The molecule has 0 aromatic carbocycles. The number of fused-ring (bicyclic) bond motifs is 1. The summed E-state index contributed by atoms with van der Waals surface area (Å²) in [5.74, 6) is 1.03. The number of ether oxygens (including phenoxy) is 2. The van der Waals surface area contributed by atoms with Gasteiger partial charge in [0.05, 0.1) is 37.9 Å². The van der Waals surface area contributed by atoms with Crippen molar-refractivity contribution >= 4 is 28.6 Å². The molecule has 0 bridgehead atoms. The smallest absolute Gasteiger partial charge is 0.223 e. The lowest BCUT2D eigenvalue weighted by atomic mass is 10.1. The van der Waals surface area contributed by atoms with Crippen LogP contribution in [-0.2, 0) is 17.7 Å². The molecule has 1 saturated heterocycles. The second kappa shape index (κ2) is 9.38. The number of aromatic nitrogens is 4. The number of nitrogen functional groups attached to an aromatic ring is 1. The summed E-state index contributed by atoms with van der Waals surface area (Å²) in [5, 5.41) is 1.27. The molecule has 0 aliphatic carbocycles. The van der Waals surface area contributed by atoms with E-state index in [0.717, 1.165) is 84.9 Å². The Bertz CT molecular complexity index is 1080. The van der Waals surface area contributed by atoms with Crippen molar-refractivity contribution < 1.29 is 9.47 Å². The van der Waals surface area contributed by atoms with Crippen LogP contribution in [0.5, 0.6) is 5.75 Å². The van der Waals surface area contributed by atoms with Gasteiger partial charge in [-0.3, -0.25) is 9.88 Å². The molecule has 0 spiro atoms. The number of hydrogen-bond acceptors (Lipinski definition) is 7. The molecule has 8 nitrogen and oxygen atoms in total. The number of nitrogens with zero attached hydrogens (tertiary/aromatic N) is 5. The normalized spacial score (nSPS) is 15.0. The second-order valence-corrected chi connectivity index (χ2v) is 8.32. The first kappa shape index (κ1) is 21.8. The first-order valence-electron chi connectivity index (χ1n) is 10.6. The Hall–Kier alpha value is -2.42. The predicted octanol–water partition coefficient (Wildman–Crippen LogP) is 3.00. The molecule has 1 aliphatic rings. The molecule has 3 aromatic heterocycles. The maximum atomic E-state index is 6.50. The van der Waals surface area contributed by atoms with E-state index in [1.807, 2.05) is 20.0 Å². The zero-order chi connectivity index (χ0) is 22.0. The van der Waals surface area contributed by atoms with E-state index in [4.69, 9.17) is 26.8 Å². The van der Waals surface area contributed by atoms with Crippen molar-refractivity contribution in [1.82, 2.24) is 24.4 Å². The average molecular weight is 445 g/mol.